The lowest BCUT2D eigenvalue weighted by atomic mass is 10.1. The maximum atomic E-state index is 5.30. The highest BCUT2D eigenvalue weighted by atomic mass is 15.4. The van der Waals surface area contributed by atoms with Crippen molar-refractivity contribution in [3.63, 3.8) is 0 Å². The molecule has 64 valence electrons. The fourth-order valence-corrected chi connectivity index (χ4v) is 2.05. The summed E-state index contributed by atoms with van der Waals surface area (Å²) in [6, 6.07) is 0.655. The zero-order valence-corrected chi connectivity index (χ0v) is 6.79. The number of rotatable bonds is 2. The fraction of sp³-hybridized carbons (Fsp3) is 1.00. The van der Waals surface area contributed by atoms with Crippen molar-refractivity contribution in [1.82, 2.24) is 15.2 Å². The minimum Gasteiger partial charge on any atom is -0.299 e. The average Bonchev–Trinajstić information content (AvgIpc) is 2.07. The molecule has 0 aliphatic carbocycles. The second kappa shape index (κ2) is 3.06. The van der Waals surface area contributed by atoms with E-state index >= 15 is 0 Å². The molecule has 0 saturated carbocycles. The van der Waals surface area contributed by atoms with Crippen molar-refractivity contribution in [3.05, 3.63) is 0 Å². The lowest BCUT2D eigenvalue weighted by Crippen LogP contribution is -2.63. The van der Waals surface area contributed by atoms with Gasteiger partial charge in [-0.05, 0) is 0 Å². The van der Waals surface area contributed by atoms with Crippen LogP contribution in [0, 0.1) is 0 Å². The topological polar surface area (TPSA) is 44.5 Å². The monoisotopic (exact) mass is 156 g/mol. The molecule has 11 heavy (non-hydrogen) atoms. The predicted octanol–water partition coefficient (Wildman–Crippen LogP) is -1.55. The van der Waals surface area contributed by atoms with Gasteiger partial charge in [-0.1, -0.05) is 0 Å². The molecular formula is C7H16N4. The summed E-state index contributed by atoms with van der Waals surface area (Å²) < 4.78 is 0. The Morgan fingerprint density at radius 2 is 2.00 bits per heavy atom. The van der Waals surface area contributed by atoms with Crippen LogP contribution >= 0.6 is 0 Å². The molecule has 3 fully saturated rings. The molecule has 1 atom stereocenters. The molecule has 3 heterocycles. The summed E-state index contributed by atoms with van der Waals surface area (Å²) in [7, 11) is 0. The third-order valence-electron chi connectivity index (χ3n) is 2.75. The van der Waals surface area contributed by atoms with Gasteiger partial charge in [-0.25, -0.2) is 0 Å². The minimum atomic E-state index is 0.655. The van der Waals surface area contributed by atoms with Gasteiger partial charge in [0.05, 0.1) is 0 Å². The number of piperazine rings is 3. The van der Waals surface area contributed by atoms with Gasteiger partial charge in [-0.2, -0.15) is 0 Å². The highest BCUT2D eigenvalue weighted by Gasteiger charge is 2.30. The van der Waals surface area contributed by atoms with Gasteiger partial charge in [0.15, 0.2) is 0 Å². The molecule has 3 aliphatic rings. The Morgan fingerprint density at radius 1 is 1.27 bits per heavy atom. The molecule has 4 nitrogen and oxygen atoms in total. The summed E-state index contributed by atoms with van der Waals surface area (Å²) in [6.45, 7) is 7.08. The smallest absolute Gasteiger partial charge is 0.0362 e. The summed E-state index contributed by atoms with van der Waals surface area (Å²) in [5.74, 6) is 5.30. The standard InChI is InChI=1S/C7H16N4/c8-9-5-7-6-10-1-3-11(7)4-2-10/h7,9H,1-6,8H2. The van der Waals surface area contributed by atoms with Gasteiger partial charge in [-0.15, -0.1) is 0 Å². The molecule has 2 bridgehead atoms. The van der Waals surface area contributed by atoms with Crippen molar-refractivity contribution in [2.75, 3.05) is 39.3 Å². The maximum Gasteiger partial charge on any atom is 0.0362 e. The van der Waals surface area contributed by atoms with Crippen LogP contribution < -0.4 is 11.3 Å². The van der Waals surface area contributed by atoms with E-state index < -0.39 is 0 Å². The number of hydrogen-bond donors (Lipinski definition) is 2. The van der Waals surface area contributed by atoms with Gasteiger partial charge in [0.2, 0.25) is 0 Å². The van der Waals surface area contributed by atoms with Crippen LogP contribution in [-0.4, -0.2) is 55.1 Å². The van der Waals surface area contributed by atoms with Crippen LogP contribution in [0.25, 0.3) is 0 Å². The van der Waals surface area contributed by atoms with E-state index in [-0.39, 0.29) is 0 Å². The molecule has 3 saturated heterocycles. The molecule has 4 heteroatoms. The number of fused-ring (bicyclic) bond motifs is 3. The minimum absolute atomic E-state index is 0.655. The summed E-state index contributed by atoms with van der Waals surface area (Å²) in [4.78, 5) is 5.04. The molecule has 1 unspecified atom stereocenters. The molecule has 0 aromatic carbocycles. The second-order valence-corrected chi connectivity index (χ2v) is 3.40. The van der Waals surface area contributed by atoms with Crippen LogP contribution in [0.3, 0.4) is 0 Å². The van der Waals surface area contributed by atoms with Crippen molar-refractivity contribution in [2.45, 2.75) is 6.04 Å². The Morgan fingerprint density at radius 3 is 2.45 bits per heavy atom. The number of hydrogen-bond acceptors (Lipinski definition) is 4. The maximum absolute atomic E-state index is 5.30. The zero-order chi connectivity index (χ0) is 7.68. The number of nitrogens with one attached hydrogen (secondary N) is 1. The molecule has 3 N–H and O–H groups in total. The van der Waals surface area contributed by atoms with Crippen molar-refractivity contribution in [3.8, 4) is 0 Å². The third-order valence-corrected chi connectivity index (χ3v) is 2.75. The highest BCUT2D eigenvalue weighted by Crippen LogP contribution is 2.14. The van der Waals surface area contributed by atoms with E-state index in [4.69, 9.17) is 5.84 Å². The first-order valence-corrected chi connectivity index (χ1v) is 4.30. The summed E-state index contributed by atoms with van der Waals surface area (Å²) >= 11 is 0. The van der Waals surface area contributed by atoms with Gasteiger partial charge in [0.1, 0.15) is 0 Å². The van der Waals surface area contributed by atoms with Gasteiger partial charge >= 0.3 is 0 Å². The summed E-state index contributed by atoms with van der Waals surface area (Å²) in [6.07, 6.45) is 0. The van der Waals surface area contributed by atoms with Crippen LogP contribution in [0.5, 0.6) is 0 Å². The molecule has 0 aromatic heterocycles. The Labute approximate surface area is 67.3 Å². The van der Waals surface area contributed by atoms with Crippen LogP contribution in [0.15, 0.2) is 0 Å². The predicted molar refractivity (Wildman–Crippen MR) is 44.0 cm³/mol. The van der Waals surface area contributed by atoms with E-state index in [1.54, 1.807) is 0 Å². The number of hydrazine groups is 1. The van der Waals surface area contributed by atoms with Crippen molar-refractivity contribution >= 4 is 0 Å². The van der Waals surface area contributed by atoms with E-state index in [1.165, 1.54) is 32.7 Å². The molecule has 0 amide bonds. The highest BCUT2D eigenvalue weighted by molar-refractivity contribution is 4.88. The number of nitrogens with zero attached hydrogens (tertiary/aromatic N) is 2. The average molecular weight is 156 g/mol. The Hall–Kier alpha value is -0.160. The van der Waals surface area contributed by atoms with E-state index in [1.807, 2.05) is 0 Å². The normalized spacial score (nSPS) is 42.8. The van der Waals surface area contributed by atoms with Crippen LogP contribution in [0.4, 0.5) is 0 Å². The first-order chi connectivity index (χ1) is 5.40. The Bertz CT molecular complexity index is 130. The Balaban J connectivity index is 1.92. The SMILES string of the molecule is NNCC1CN2CCN1CC2. The number of nitrogens with two attached hydrogens (primary N) is 1. The van der Waals surface area contributed by atoms with E-state index in [0.717, 1.165) is 6.54 Å². The van der Waals surface area contributed by atoms with Crippen LogP contribution in [0.2, 0.25) is 0 Å². The first kappa shape index (κ1) is 7.49. The first-order valence-electron chi connectivity index (χ1n) is 4.30. The van der Waals surface area contributed by atoms with Crippen LogP contribution in [-0.2, 0) is 0 Å². The molecule has 0 aromatic rings. The zero-order valence-electron chi connectivity index (χ0n) is 6.79. The lowest BCUT2D eigenvalue weighted by molar-refractivity contribution is 0.0138. The molecule has 0 radical (unpaired) electrons. The molecule has 3 aliphatic heterocycles. The van der Waals surface area contributed by atoms with E-state index in [9.17, 15) is 0 Å². The quantitative estimate of drug-likeness (QED) is 0.375. The summed E-state index contributed by atoms with van der Waals surface area (Å²) in [5, 5.41) is 0. The van der Waals surface area contributed by atoms with Gasteiger partial charge in [0, 0.05) is 45.3 Å². The van der Waals surface area contributed by atoms with Crippen LogP contribution in [0.1, 0.15) is 0 Å². The van der Waals surface area contributed by atoms with Gasteiger partial charge in [-0.3, -0.25) is 21.1 Å². The van der Waals surface area contributed by atoms with E-state index in [2.05, 4.69) is 15.2 Å². The lowest BCUT2D eigenvalue weighted by Gasteiger charge is -2.47. The molecular weight excluding hydrogens is 140 g/mol. The fourth-order valence-electron chi connectivity index (χ4n) is 2.05. The van der Waals surface area contributed by atoms with Gasteiger partial charge in [0.25, 0.3) is 0 Å². The van der Waals surface area contributed by atoms with Gasteiger partial charge < -0.3 is 0 Å². The third kappa shape index (κ3) is 1.39. The second-order valence-electron chi connectivity index (χ2n) is 3.40. The molecule has 3 rings (SSSR count). The Kier molecular flexibility index (Phi) is 2.09. The van der Waals surface area contributed by atoms with E-state index in [0.29, 0.717) is 6.04 Å². The summed E-state index contributed by atoms with van der Waals surface area (Å²) in [5.41, 5.74) is 2.75. The van der Waals surface area contributed by atoms with Crippen molar-refractivity contribution in [2.24, 2.45) is 5.84 Å². The molecule has 0 spiro atoms. The largest absolute Gasteiger partial charge is 0.299 e. The van der Waals surface area contributed by atoms with Crippen molar-refractivity contribution < 1.29 is 0 Å². The van der Waals surface area contributed by atoms with Crippen molar-refractivity contribution in [1.29, 1.82) is 0 Å².